The van der Waals surface area contributed by atoms with Crippen molar-refractivity contribution in [2.45, 2.75) is 18.9 Å². The van der Waals surface area contributed by atoms with Gasteiger partial charge in [-0.2, -0.15) is 0 Å². The van der Waals surface area contributed by atoms with Crippen LogP contribution in [0.25, 0.3) is 6.08 Å². The van der Waals surface area contributed by atoms with Crippen molar-refractivity contribution in [2.24, 2.45) is 0 Å². The fraction of sp³-hybridized carbons (Fsp3) is 0.286. The quantitative estimate of drug-likeness (QED) is 0.690. The molecule has 0 aliphatic carbocycles. The summed E-state index contributed by atoms with van der Waals surface area (Å²) in [6.45, 7) is 1.93. The number of benzene rings is 2. The van der Waals surface area contributed by atoms with E-state index in [0.717, 1.165) is 46.5 Å². The van der Waals surface area contributed by atoms with E-state index >= 15 is 0 Å². The molecule has 1 saturated heterocycles. The minimum atomic E-state index is 0.0466. The predicted molar refractivity (Wildman–Crippen MR) is 104 cm³/mol. The number of nitrogens with zero attached hydrogens (tertiary/aromatic N) is 1. The second kappa shape index (κ2) is 7.54. The number of hydrogen-bond acceptors (Lipinski definition) is 3. The third-order valence-corrected chi connectivity index (χ3v) is 5.30. The molecule has 1 fully saturated rings. The van der Waals surface area contributed by atoms with Gasteiger partial charge in [-0.1, -0.05) is 34.1 Å². The maximum Gasteiger partial charge on any atom is 0.247 e. The third kappa shape index (κ3) is 3.63. The van der Waals surface area contributed by atoms with Crippen LogP contribution in [0.5, 0.6) is 11.5 Å². The molecule has 0 radical (unpaired) electrons. The number of rotatable bonds is 3. The number of carbonyl (C=O) groups is 1. The lowest BCUT2D eigenvalue weighted by atomic mass is 10.0. The Bertz CT molecular complexity index is 832. The molecular weight excluding hydrogens is 394 g/mol. The van der Waals surface area contributed by atoms with Crippen LogP contribution in [0.2, 0.25) is 0 Å². The van der Waals surface area contributed by atoms with E-state index in [1.807, 2.05) is 53.4 Å². The molecule has 26 heavy (non-hydrogen) atoms. The van der Waals surface area contributed by atoms with Gasteiger partial charge in [0.05, 0.1) is 6.04 Å². The summed E-state index contributed by atoms with van der Waals surface area (Å²) >= 11 is 3.42. The zero-order valence-electron chi connectivity index (χ0n) is 14.4. The highest BCUT2D eigenvalue weighted by atomic mass is 79.9. The predicted octanol–water partition coefficient (Wildman–Crippen LogP) is 4.60. The van der Waals surface area contributed by atoms with Gasteiger partial charge >= 0.3 is 0 Å². The van der Waals surface area contributed by atoms with Crippen LogP contribution in [-0.2, 0) is 4.79 Å². The minimum absolute atomic E-state index is 0.0466. The highest BCUT2D eigenvalue weighted by Gasteiger charge is 2.29. The van der Waals surface area contributed by atoms with Gasteiger partial charge in [-0.25, -0.2) is 0 Å². The topological polar surface area (TPSA) is 38.8 Å². The molecule has 1 unspecified atom stereocenters. The summed E-state index contributed by atoms with van der Waals surface area (Å²) in [6, 6.07) is 14.0. The Labute approximate surface area is 161 Å². The van der Waals surface area contributed by atoms with Gasteiger partial charge in [0, 0.05) is 17.1 Å². The lowest BCUT2D eigenvalue weighted by Crippen LogP contribution is -2.29. The highest BCUT2D eigenvalue weighted by molar-refractivity contribution is 9.10. The number of amides is 1. The Kier molecular flexibility index (Phi) is 4.98. The SMILES string of the molecule is O=C(C=Cc1ccc(Br)cc1)N1CCCC1c1ccc2c(c1)OCCO2. The summed E-state index contributed by atoms with van der Waals surface area (Å²) in [7, 11) is 0. The first-order chi connectivity index (χ1) is 12.7. The van der Waals surface area contributed by atoms with Crippen molar-refractivity contribution in [3.8, 4) is 11.5 Å². The Morgan fingerprint density at radius 2 is 1.85 bits per heavy atom. The number of halogens is 1. The average Bonchev–Trinajstić information content (AvgIpc) is 3.17. The molecule has 2 aliphatic heterocycles. The van der Waals surface area contributed by atoms with E-state index in [1.165, 1.54) is 0 Å². The molecule has 2 aliphatic rings. The molecule has 5 heteroatoms. The molecular formula is C21H20BrNO3. The molecule has 0 spiro atoms. The zero-order valence-corrected chi connectivity index (χ0v) is 15.9. The molecule has 2 aromatic rings. The van der Waals surface area contributed by atoms with Crippen LogP contribution < -0.4 is 9.47 Å². The van der Waals surface area contributed by atoms with Crippen LogP contribution in [0.15, 0.2) is 53.0 Å². The summed E-state index contributed by atoms with van der Waals surface area (Å²) in [5.74, 6) is 1.61. The van der Waals surface area contributed by atoms with Gasteiger partial charge in [0.2, 0.25) is 5.91 Å². The monoisotopic (exact) mass is 413 g/mol. The van der Waals surface area contributed by atoms with Gasteiger partial charge in [-0.05, 0) is 54.3 Å². The normalized spacial score (nSPS) is 19.1. The zero-order chi connectivity index (χ0) is 17.9. The first-order valence-electron chi connectivity index (χ1n) is 8.84. The van der Waals surface area contributed by atoms with Crippen LogP contribution >= 0.6 is 15.9 Å². The molecule has 2 aromatic carbocycles. The third-order valence-electron chi connectivity index (χ3n) is 4.78. The Hall–Kier alpha value is -2.27. The first kappa shape index (κ1) is 17.2. The summed E-state index contributed by atoms with van der Waals surface area (Å²) in [5, 5.41) is 0. The molecule has 0 bridgehead atoms. The van der Waals surface area contributed by atoms with E-state index in [2.05, 4.69) is 15.9 Å². The van der Waals surface area contributed by atoms with Crippen LogP contribution in [0.1, 0.15) is 30.0 Å². The molecule has 0 aromatic heterocycles. The van der Waals surface area contributed by atoms with Crippen LogP contribution in [0.4, 0.5) is 0 Å². The van der Waals surface area contributed by atoms with Crippen LogP contribution in [0, 0.1) is 0 Å². The van der Waals surface area contributed by atoms with E-state index in [4.69, 9.17) is 9.47 Å². The number of likely N-dealkylation sites (tertiary alicyclic amines) is 1. The molecule has 2 heterocycles. The van der Waals surface area contributed by atoms with E-state index in [0.29, 0.717) is 13.2 Å². The van der Waals surface area contributed by atoms with Crippen LogP contribution in [0.3, 0.4) is 0 Å². The number of hydrogen-bond donors (Lipinski definition) is 0. The Morgan fingerprint density at radius 3 is 2.65 bits per heavy atom. The molecule has 1 atom stereocenters. The molecule has 0 saturated carbocycles. The van der Waals surface area contributed by atoms with Crippen LogP contribution in [-0.4, -0.2) is 30.6 Å². The largest absolute Gasteiger partial charge is 0.486 e. The van der Waals surface area contributed by atoms with E-state index in [9.17, 15) is 4.79 Å². The summed E-state index contributed by atoms with van der Waals surface area (Å²) in [6.07, 6.45) is 5.52. The summed E-state index contributed by atoms with van der Waals surface area (Å²) < 4.78 is 12.3. The summed E-state index contributed by atoms with van der Waals surface area (Å²) in [5.41, 5.74) is 2.12. The number of carbonyl (C=O) groups excluding carboxylic acids is 1. The Morgan fingerprint density at radius 1 is 1.08 bits per heavy atom. The second-order valence-electron chi connectivity index (χ2n) is 6.48. The summed E-state index contributed by atoms with van der Waals surface area (Å²) in [4.78, 5) is 14.7. The first-order valence-corrected chi connectivity index (χ1v) is 9.64. The van der Waals surface area contributed by atoms with Gasteiger partial charge in [0.25, 0.3) is 0 Å². The second-order valence-corrected chi connectivity index (χ2v) is 7.39. The van der Waals surface area contributed by atoms with Crippen molar-refractivity contribution in [1.82, 2.24) is 4.90 Å². The smallest absolute Gasteiger partial charge is 0.247 e. The maximum absolute atomic E-state index is 12.7. The number of fused-ring (bicyclic) bond motifs is 1. The molecule has 4 nitrogen and oxygen atoms in total. The van der Waals surface area contributed by atoms with Gasteiger partial charge in [0.1, 0.15) is 13.2 Å². The lowest BCUT2D eigenvalue weighted by Gasteiger charge is -2.26. The molecule has 4 rings (SSSR count). The van der Waals surface area contributed by atoms with Crippen molar-refractivity contribution in [3.05, 3.63) is 64.1 Å². The van der Waals surface area contributed by atoms with Crippen molar-refractivity contribution in [1.29, 1.82) is 0 Å². The standard InChI is InChI=1S/C21H20BrNO3/c22-17-7-3-15(4-8-17)5-10-21(24)23-11-1-2-18(23)16-6-9-19-20(14-16)26-13-12-25-19/h3-10,14,18H,1-2,11-13H2. The van der Waals surface area contributed by atoms with Crippen molar-refractivity contribution >= 4 is 27.9 Å². The van der Waals surface area contributed by atoms with Crippen molar-refractivity contribution in [3.63, 3.8) is 0 Å². The van der Waals surface area contributed by atoms with Crippen molar-refractivity contribution in [2.75, 3.05) is 19.8 Å². The number of ether oxygens (including phenoxy) is 2. The average molecular weight is 414 g/mol. The van der Waals surface area contributed by atoms with E-state index < -0.39 is 0 Å². The molecule has 1 amide bonds. The minimum Gasteiger partial charge on any atom is -0.486 e. The van der Waals surface area contributed by atoms with Crippen molar-refractivity contribution < 1.29 is 14.3 Å². The lowest BCUT2D eigenvalue weighted by molar-refractivity contribution is -0.126. The van der Waals surface area contributed by atoms with Gasteiger partial charge in [-0.3, -0.25) is 4.79 Å². The van der Waals surface area contributed by atoms with E-state index in [-0.39, 0.29) is 11.9 Å². The van der Waals surface area contributed by atoms with E-state index in [1.54, 1.807) is 6.08 Å². The van der Waals surface area contributed by atoms with Gasteiger partial charge in [0.15, 0.2) is 11.5 Å². The van der Waals surface area contributed by atoms with Gasteiger partial charge in [-0.15, -0.1) is 0 Å². The maximum atomic E-state index is 12.7. The fourth-order valence-electron chi connectivity index (χ4n) is 3.48. The Balaban J connectivity index is 1.51. The molecule has 134 valence electrons. The molecule has 0 N–H and O–H groups in total. The fourth-order valence-corrected chi connectivity index (χ4v) is 3.75. The highest BCUT2D eigenvalue weighted by Crippen LogP contribution is 2.38. The van der Waals surface area contributed by atoms with Gasteiger partial charge < -0.3 is 14.4 Å².